The first-order chi connectivity index (χ1) is 8.19. The van der Waals surface area contributed by atoms with Crippen LogP contribution in [-0.4, -0.2) is 17.0 Å². The Hall–Kier alpha value is -1.62. The highest BCUT2D eigenvalue weighted by Crippen LogP contribution is 2.25. The van der Waals surface area contributed by atoms with E-state index in [2.05, 4.69) is 46.6 Å². The molecule has 1 unspecified atom stereocenters. The molecule has 0 spiro atoms. The minimum atomic E-state index is 0.258. The Morgan fingerprint density at radius 3 is 2.76 bits per heavy atom. The summed E-state index contributed by atoms with van der Waals surface area (Å²) in [4.78, 5) is 11.1. The lowest BCUT2D eigenvalue weighted by atomic mass is 10.2. The van der Waals surface area contributed by atoms with Gasteiger partial charge in [0.05, 0.1) is 6.04 Å². The van der Waals surface area contributed by atoms with Crippen LogP contribution in [0.15, 0.2) is 24.4 Å². The van der Waals surface area contributed by atoms with Crippen molar-refractivity contribution in [1.82, 2.24) is 9.97 Å². The van der Waals surface area contributed by atoms with Gasteiger partial charge in [-0.05, 0) is 32.0 Å². The molecule has 2 aromatic heterocycles. The maximum absolute atomic E-state index is 4.33. The zero-order valence-corrected chi connectivity index (χ0v) is 11.0. The van der Waals surface area contributed by atoms with E-state index < -0.39 is 0 Å². The summed E-state index contributed by atoms with van der Waals surface area (Å²) in [6.07, 6.45) is 1.74. The van der Waals surface area contributed by atoms with Gasteiger partial charge in [0.25, 0.3) is 0 Å². The number of aromatic nitrogens is 2. The number of rotatable bonds is 4. The Morgan fingerprint density at radius 2 is 2.12 bits per heavy atom. The molecule has 2 N–H and O–H groups in total. The van der Waals surface area contributed by atoms with Gasteiger partial charge in [-0.25, -0.2) is 4.98 Å². The van der Waals surface area contributed by atoms with Crippen molar-refractivity contribution in [3.63, 3.8) is 0 Å². The van der Waals surface area contributed by atoms with E-state index in [0.29, 0.717) is 5.95 Å². The van der Waals surface area contributed by atoms with Crippen LogP contribution in [0.25, 0.3) is 0 Å². The Labute approximate surface area is 105 Å². The molecule has 2 rings (SSSR count). The first-order valence-electron chi connectivity index (χ1n) is 5.52. The SMILES string of the molecule is CNc1nccc(NC(C)c2ccc(C)s2)n1. The molecule has 0 aliphatic carbocycles. The highest BCUT2D eigenvalue weighted by molar-refractivity contribution is 7.12. The fourth-order valence-corrected chi connectivity index (χ4v) is 2.42. The van der Waals surface area contributed by atoms with Crippen LogP contribution in [0.3, 0.4) is 0 Å². The van der Waals surface area contributed by atoms with Gasteiger partial charge in [-0.15, -0.1) is 11.3 Å². The topological polar surface area (TPSA) is 49.8 Å². The fourth-order valence-electron chi connectivity index (χ4n) is 1.54. The number of hydrogen-bond donors (Lipinski definition) is 2. The highest BCUT2D eigenvalue weighted by atomic mass is 32.1. The van der Waals surface area contributed by atoms with Gasteiger partial charge in [0.2, 0.25) is 5.95 Å². The predicted octanol–water partition coefficient (Wildman–Crippen LogP) is 3.06. The quantitative estimate of drug-likeness (QED) is 0.873. The Morgan fingerprint density at radius 1 is 1.29 bits per heavy atom. The second-order valence-corrected chi connectivity index (χ2v) is 5.15. The lowest BCUT2D eigenvalue weighted by Gasteiger charge is -2.13. The van der Waals surface area contributed by atoms with Crippen LogP contribution in [0.5, 0.6) is 0 Å². The monoisotopic (exact) mass is 248 g/mol. The van der Waals surface area contributed by atoms with Gasteiger partial charge in [0.15, 0.2) is 0 Å². The third-order valence-electron chi connectivity index (χ3n) is 2.43. The van der Waals surface area contributed by atoms with Crippen molar-refractivity contribution < 1.29 is 0 Å². The molecule has 4 nitrogen and oxygen atoms in total. The van der Waals surface area contributed by atoms with Gasteiger partial charge >= 0.3 is 0 Å². The zero-order chi connectivity index (χ0) is 12.3. The van der Waals surface area contributed by atoms with Crippen molar-refractivity contribution in [3.05, 3.63) is 34.2 Å². The largest absolute Gasteiger partial charge is 0.363 e. The molecule has 0 aliphatic rings. The number of nitrogens with zero attached hydrogens (tertiary/aromatic N) is 2. The summed E-state index contributed by atoms with van der Waals surface area (Å²) >= 11 is 1.80. The minimum Gasteiger partial charge on any atom is -0.363 e. The van der Waals surface area contributed by atoms with Crippen LogP contribution in [-0.2, 0) is 0 Å². The number of thiophene rings is 1. The molecule has 0 saturated carbocycles. The lowest BCUT2D eigenvalue weighted by molar-refractivity contribution is 0.894. The maximum Gasteiger partial charge on any atom is 0.224 e. The number of anilines is 2. The smallest absolute Gasteiger partial charge is 0.224 e. The van der Waals surface area contributed by atoms with Crippen molar-refractivity contribution in [1.29, 1.82) is 0 Å². The normalized spacial score (nSPS) is 12.2. The van der Waals surface area contributed by atoms with E-state index in [1.54, 1.807) is 17.5 Å². The van der Waals surface area contributed by atoms with Crippen molar-refractivity contribution in [2.45, 2.75) is 19.9 Å². The highest BCUT2D eigenvalue weighted by Gasteiger charge is 2.08. The van der Waals surface area contributed by atoms with Crippen LogP contribution in [0.4, 0.5) is 11.8 Å². The number of nitrogens with one attached hydrogen (secondary N) is 2. The fraction of sp³-hybridized carbons (Fsp3) is 0.333. The van der Waals surface area contributed by atoms with E-state index in [9.17, 15) is 0 Å². The van der Waals surface area contributed by atoms with Crippen molar-refractivity contribution >= 4 is 23.1 Å². The van der Waals surface area contributed by atoms with Gasteiger partial charge in [-0.3, -0.25) is 0 Å². The first kappa shape index (κ1) is 11.9. The molecule has 2 heterocycles. The Bertz CT molecular complexity index is 495. The summed E-state index contributed by atoms with van der Waals surface area (Å²) in [6, 6.07) is 6.42. The molecule has 0 aromatic carbocycles. The van der Waals surface area contributed by atoms with Crippen LogP contribution in [0, 0.1) is 6.92 Å². The van der Waals surface area contributed by atoms with Gasteiger partial charge in [0.1, 0.15) is 5.82 Å². The van der Waals surface area contributed by atoms with Crippen molar-refractivity contribution in [3.8, 4) is 0 Å². The van der Waals surface area contributed by atoms with E-state index >= 15 is 0 Å². The lowest BCUT2D eigenvalue weighted by Crippen LogP contribution is -2.07. The molecular formula is C12H16N4S. The Balaban J connectivity index is 2.09. The molecule has 17 heavy (non-hydrogen) atoms. The van der Waals surface area contributed by atoms with E-state index in [1.165, 1.54) is 9.75 Å². The van der Waals surface area contributed by atoms with E-state index in [4.69, 9.17) is 0 Å². The van der Waals surface area contributed by atoms with Crippen molar-refractivity contribution in [2.24, 2.45) is 0 Å². The van der Waals surface area contributed by atoms with Gasteiger partial charge < -0.3 is 10.6 Å². The summed E-state index contributed by atoms with van der Waals surface area (Å²) in [7, 11) is 1.81. The second-order valence-electron chi connectivity index (χ2n) is 3.83. The van der Waals surface area contributed by atoms with Crippen LogP contribution in [0.2, 0.25) is 0 Å². The van der Waals surface area contributed by atoms with E-state index in [-0.39, 0.29) is 6.04 Å². The van der Waals surface area contributed by atoms with Crippen LogP contribution < -0.4 is 10.6 Å². The first-order valence-corrected chi connectivity index (χ1v) is 6.34. The van der Waals surface area contributed by atoms with Crippen LogP contribution >= 0.6 is 11.3 Å². The summed E-state index contributed by atoms with van der Waals surface area (Å²) in [5.74, 6) is 1.47. The molecule has 2 aromatic rings. The molecule has 90 valence electrons. The predicted molar refractivity (Wildman–Crippen MR) is 72.7 cm³/mol. The number of hydrogen-bond acceptors (Lipinski definition) is 5. The molecule has 0 aliphatic heterocycles. The van der Waals surface area contributed by atoms with E-state index in [0.717, 1.165) is 5.82 Å². The molecule has 0 fully saturated rings. The second kappa shape index (κ2) is 5.14. The summed E-state index contributed by atoms with van der Waals surface area (Å²) in [6.45, 7) is 4.25. The van der Waals surface area contributed by atoms with Gasteiger partial charge in [0, 0.05) is 23.0 Å². The molecule has 0 radical (unpaired) electrons. The van der Waals surface area contributed by atoms with Gasteiger partial charge in [-0.1, -0.05) is 0 Å². The van der Waals surface area contributed by atoms with Crippen molar-refractivity contribution in [2.75, 3.05) is 17.7 Å². The van der Waals surface area contributed by atoms with E-state index in [1.807, 2.05) is 13.1 Å². The molecular weight excluding hydrogens is 232 g/mol. The number of aryl methyl sites for hydroxylation is 1. The summed E-state index contributed by atoms with van der Waals surface area (Å²) in [5, 5.41) is 6.29. The minimum absolute atomic E-state index is 0.258. The average Bonchev–Trinajstić information content (AvgIpc) is 2.76. The molecule has 0 bridgehead atoms. The standard InChI is InChI=1S/C12H16N4S/c1-8-4-5-10(17-8)9(2)15-11-6-7-14-12(13-3)16-11/h4-7,9H,1-3H3,(H2,13,14,15,16). The zero-order valence-electron chi connectivity index (χ0n) is 10.2. The van der Waals surface area contributed by atoms with Gasteiger partial charge in [-0.2, -0.15) is 4.98 Å². The Kier molecular flexibility index (Phi) is 3.58. The average molecular weight is 248 g/mol. The summed E-state index contributed by atoms with van der Waals surface area (Å²) < 4.78 is 0. The molecule has 0 saturated heterocycles. The third-order valence-corrected chi connectivity index (χ3v) is 3.61. The molecule has 1 atom stereocenters. The maximum atomic E-state index is 4.33. The third kappa shape index (κ3) is 2.94. The summed E-state index contributed by atoms with van der Waals surface area (Å²) in [5.41, 5.74) is 0. The van der Waals surface area contributed by atoms with Crippen LogP contribution in [0.1, 0.15) is 22.7 Å². The molecule has 0 amide bonds. The molecule has 5 heteroatoms.